The van der Waals surface area contributed by atoms with Gasteiger partial charge in [0.05, 0.1) is 12.1 Å². The van der Waals surface area contributed by atoms with E-state index >= 15 is 0 Å². The summed E-state index contributed by atoms with van der Waals surface area (Å²) in [6.45, 7) is 2.85. The molecule has 2 aromatic carbocycles. The first-order chi connectivity index (χ1) is 10.7. The van der Waals surface area contributed by atoms with Crippen LogP contribution in [0.5, 0.6) is 0 Å². The Balaban J connectivity index is 1.77. The Kier molecular flexibility index (Phi) is 3.06. The number of rotatable bonds is 4. The molecule has 0 amide bonds. The lowest BCUT2D eigenvalue weighted by Crippen LogP contribution is -2.12. The summed E-state index contributed by atoms with van der Waals surface area (Å²) >= 11 is 0. The highest BCUT2D eigenvalue weighted by Gasteiger charge is 2.53. The molecule has 112 valence electrons. The van der Waals surface area contributed by atoms with Gasteiger partial charge in [0.15, 0.2) is 0 Å². The van der Waals surface area contributed by atoms with E-state index in [2.05, 4.69) is 59.3 Å². The summed E-state index contributed by atoms with van der Waals surface area (Å²) in [5, 5.41) is 10.7. The van der Waals surface area contributed by atoms with Gasteiger partial charge >= 0.3 is 0 Å². The third-order valence-corrected chi connectivity index (χ3v) is 4.50. The third kappa shape index (κ3) is 2.14. The summed E-state index contributed by atoms with van der Waals surface area (Å²) in [7, 11) is 0. The minimum absolute atomic E-state index is 0.0226. The first-order valence-corrected chi connectivity index (χ1v) is 7.62. The van der Waals surface area contributed by atoms with Crippen LogP contribution in [0.1, 0.15) is 24.2 Å². The van der Waals surface area contributed by atoms with Gasteiger partial charge in [-0.25, -0.2) is 0 Å². The lowest BCUT2D eigenvalue weighted by molar-refractivity contribution is 0.184. The fraction of sp³-hybridized carbons (Fsp3) is 0.263. The van der Waals surface area contributed by atoms with Gasteiger partial charge in [0.1, 0.15) is 11.7 Å². The molecule has 0 radical (unpaired) electrons. The highest BCUT2D eigenvalue weighted by molar-refractivity contribution is 5.84. The first-order valence-electron chi connectivity index (χ1n) is 7.62. The van der Waals surface area contributed by atoms with Crippen LogP contribution in [-0.4, -0.2) is 21.9 Å². The summed E-state index contributed by atoms with van der Waals surface area (Å²) < 4.78 is 8.02. The number of aliphatic hydroxyl groups excluding tert-OH is 1. The van der Waals surface area contributed by atoms with Crippen molar-refractivity contribution in [1.82, 2.24) is 4.57 Å². The molecule has 1 aliphatic rings. The van der Waals surface area contributed by atoms with Gasteiger partial charge in [-0.1, -0.05) is 48.5 Å². The number of hydrogen-bond donors (Lipinski definition) is 1. The van der Waals surface area contributed by atoms with E-state index in [1.807, 2.05) is 13.0 Å². The summed E-state index contributed by atoms with van der Waals surface area (Å²) in [6, 6.07) is 18.9. The molecule has 4 rings (SSSR count). The zero-order valence-corrected chi connectivity index (χ0v) is 12.6. The van der Waals surface area contributed by atoms with Crippen molar-refractivity contribution in [2.45, 2.75) is 25.2 Å². The molecule has 0 aliphatic carbocycles. The van der Waals surface area contributed by atoms with E-state index in [4.69, 9.17) is 4.74 Å². The second kappa shape index (κ2) is 4.97. The van der Waals surface area contributed by atoms with Crippen molar-refractivity contribution in [2.75, 3.05) is 6.61 Å². The maximum atomic E-state index is 9.49. The van der Waals surface area contributed by atoms with Crippen LogP contribution >= 0.6 is 0 Å². The van der Waals surface area contributed by atoms with Crippen molar-refractivity contribution < 1.29 is 9.84 Å². The third-order valence-electron chi connectivity index (χ3n) is 4.50. The monoisotopic (exact) mass is 293 g/mol. The zero-order chi connectivity index (χ0) is 15.2. The average molecular weight is 293 g/mol. The molecular weight excluding hydrogens is 274 g/mol. The molecule has 2 atom stereocenters. The topological polar surface area (TPSA) is 37.7 Å². The van der Waals surface area contributed by atoms with E-state index in [9.17, 15) is 5.11 Å². The van der Waals surface area contributed by atoms with E-state index in [-0.39, 0.29) is 12.7 Å². The van der Waals surface area contributed by atoms with Crippen LogP contribution in [0.15, 0.2) is 60.8 Å². The normalized spacial score (nSPS) is 23.8. The van der Waals surface area contributed by atoms with Crippen LogP contribution in [0.3, 0.4) is 0 Å². The molecule has 1 saturated heterocycles. The molecule has 3 aromatic rings. The Morgan fingerprint density at radius 3 is 2.64 bits per heavy atom. The number of para-hydroxylation sites is 1. The van der Waals surface area contributed by atoms with E-state index in [1.165, 1.54) is 16.5 Å². The van der Waals surface area contributed by atoms with Crippen LogP contribution in [0.25, 0.3) is 10.9 Å². The molecule has 2 heterocycles. The minimum atomic E-state index is -0.434. The second-order valence-electron chi connectivity index (χ2n) is 6.18. The van der Waals surface area contributed by atoms with Gasteiger partial charge in [-0.3, -0.25) is 0 Å². The maximum absolute atomic E-state index is 9.49. The molecule has 0 saturated carbocycles. The predicted molar refractivity (Wildman–Crippen MR) is 86.8 cm³/mol. The Morgan fingerprint density at radius 1 is 1.09 bits per heavy atom. The number of aliphatic hydroxyl groups is 1. The van der Waals surface area contributed by atoms with Crippen molar-refractivity contribution in [3.05, 3.63) is 71.9 Å². The van der Waals surface area contributed by atoms with Gasteiger partial charge in [-0.05, 0) is 23.9 Å². The molecule has 22 heavy (non-hydrogen) atoms. The van der Waals surface area contributed by atoms with Crippen molar-refractivity contribution in [1.29, 1.82) is 0 Å². The Labute approximate surface area is 129 Å². The highest BCUT2D eigenvalue weighted by Crippen LogP contribution is 2.50. The number of nitrogens with zero attached hydrogens (tertiary/aromatic N) is 1. The largest absolute Gasteiger partial charge is 0.393 e. The number of benzene rings is 2. The Morgan fingerprint density at radius 2 is 1.91 bits per heavy atom. The maximum Gasteiger partial charge on any atom is 0.120 e. The van der Waals surface area contributed by atoms with Crippen LogP contribution in [0, 0.1) is 0 Å². The van der Waals surface area contributed by atoms with Gasteiger partial charge in [-0.15, -0.1) is 0 Å². The van der Waals surface area contributed by atoms with Gasteiger partial charge < -0.3 is 14.4 Å². The van der Waals surface area contributed by atoms with Gasteiger partial charge in [0.25, 0.3) is 0 Å². The molecule has 1 aromatic heterocycles. The molecule has 0 unspecified atom stereocenters. The van der Waals surface area contributed by atoms with Crippen LogP contribution in [0.2, 0.25) is 0 Å². The molecular formula is C19H19NO2. The number of hydrogen-bond acceptors (Lipinski definition) is 2. The summed E-state index contributed by atoms with van der Waals surface area (Å²) in [5.74, 6) is 0. The second-order valence-corrected chi connectivity index (χ2v) is 6.18. The van der Waals surface area contributed by atoms with Crippen molar-refractivity contribution >= 4 is 10.9 Å². The van der Waals surface area contributed by atoms with Gasteiger partial charge in [0.2, 0.25) is 0 Å². The number of aromatic nitrogens is 1. The predicted octanol–water partition coefficient (Wildman–Crippen LogP) is 3.51. The molecule has 1 aliphatic heterocycles. The number of ether oxygens (including phenoxy) is 1. The van der Waals surface area contributed by atoms with E-state index in [0.29, 0.717) is 0 Å². The lowest BCUT2D eigenvalue weighted by atomic mass is 10.00. The summed E-state index contributed by atoms with van der Waals surface area (Å²) in [6.07, 6.45) is 2.10. The summed E-state index contributed by atoms with van der Waals surface area (Å²) in [5.41, 5.74) is 3.20. The van der Waals surface area contributed by atoms with Crippen LogP contribution < -0.4 is 0 Å². The zero-order valence-electron chi connectivity index (χ0n) is 12.6. The standard InChI is InChI=1S/C19H19NO2/c1-19(13-21)18(22-19)16-9-5-8-15-10-11-20(17(15)16)12-14-6-3-2-4-7-14/h2-11,18,21H,12-13H2,1H3/t18-,19-/m1/s1. The Bertz CT molecular complexity index is 809. The van der Waals surface area contributed by atoms with E-state index in [1.54, 1.807) is 0 Å². The van der Waals surface area contributed by atoms with Crippen LogP contribution in [0.4, 0.5) is 0 Å². The highest BCUT2D eigenvalue weighted by atomic mass is 16.6. The average Bonchev–Trinajstić information content (AvgIpc) is 3.08. The number of fused-ring (bicyclic) bond motifs is 1. The quantitative estimate of drug-likeness (QED) is 0.747. The Hall–Kier alpha value is -2.10. The molecule has 1 N–H and O–H groups in total. The number of epoxide rings is 1. The fourth-order valence-corrected chi connectivity index (χ4v) is 3.16. The molecule has 3 nitrogen and oxygen atoms in total. The minimum Gasteiger partial charge on any atom is -0.393 e. The molecule has 1 fully saturated rings. The first kappa shape index (κ1) is 13.6. The lowest BCUT2D eigenvalue weighted by Gasteiger charge is -2.10. The van der Waals surface area contributed by atoms with Gasteiger partial charge in [-0.2, -0.15) is 0 Å². The van der Waals surface area contributed by atoms with Gasteiger partial charge in [0, 0.05) is 18.3 Å². The van der Waals surface area contributed by atoms with Crippen molar-refractivity contribution in [2.24, 2.45) is 0 Å². The van der Waals surface area contributed by atoms with Crippen molar-refractivity contribution in [3.63, 3.8) is 0 Å². The fourth-order valence-electron chi connectivity index (χ4n) is 3.16. The van der Waals surface area contributed by atoms with Crippen molar-refractivity contribution in [3.8, 4) is 0 Å². The summed E-state index contributed by atoms with van der Waals surface area (Å²) in [4.78, 5) is 0. The van der Waals surface area contributed by atoms with Crippen LogP contribution in [-0.2, 0) is 11.3 Å². The van der Waals surface area contributed by atoms with E-state index < -0.39 is 5.60 Å². The molecule has 0 bridgehead atoms. The van der Waals surface area contributed by atoms with E-state index in [0.717, 1.165) is 12.1 Å². The smallest absolute Gasteiger partial charge is 0.120 e. The molecule has 3 heteroatoms. The molecule has 0 spiro atoms. The SMILES string of the molecule is C[C@]1(CO)O[C@@H]1c1cccc2ccn(Cc3ccccc3)c12.